The summed E-state index contributed by atoms with van der Waals surface area (Å²) in [5.41, 5.74) is 0.193. The third-order valence-corrected chi connectivity index (χ3v) is 4.90. The zero-order valence-electron chi connectivity index (χ0n) is 13.4. The molecule has 1 atom stereocenters. The maximum atomic E-state index is 12.4. The minimum absolute atomic E-state index is 0.0153. The van der Waals surface area contributed by atoms with Gasteiger partial charge < -0.3 is 5.11 Å². The third kappa shape index (κ3) is 4.73. The Morgan fingerprint density at radius 1 is 1.30 bits per heavy atom. The Morgan fingerprint density at radius 2 is 1.87 bits per heavy atom. The van der Waals surface area contributed by atoms with Crippen LogP contribution in [-0.2, 0) is 14.8 Å². The number of sulfonamides is 1. The number of nitrogens with one attached hydrogen (secondary N) is 1. The molecule has 0 aliphatic carbocycles. The minimum Gasteiger partial charge on any atom is -0.480 e. The standard InChI is InChI=1S/C14H20N2O6S/c1-8(2)5-11(14(17)18)15-23(21,22)13-7-9(3)12(16(19)20)6-10(13)4/h6-8,11,15H,5H2,1-4H3,(H,17,18). The minimum atomic E-state index is -4.10. The van der Waals surface area contributed by atoms with Gasteiger partial charge in [0.05, 0.1) is 9.82 Å². The second kappa shape index (κ2) is 7.05. The molecule has 9 heteroatoms. The van der Waals surface area contributed by atoms with E-state index >= 15 is 0 Å². The summed E-state index contributed by atoms with van der Waals surface area (Å²) in [4.78, 5) is 21.4. The monoisotopic (exact) mass is 344 g/mol. The van der Waals surface area contributed by atoms with Crippen molar-refractivity contribution in [3.8, 4) is 0 Å². The molecule has 0 radical (unpaired) electrons. The van der Waals surface area contributed by atoms with E-state index in [0.717, 1.165) is 0 Å². The topological polar surface area (TPSA) is 127 Å². The molecule has 0 saturated heterocycles. The van der Waals surface area contributed by atoms with Crippen LogP contribution < -0.4 is 4.72 Å². The van der Waals surface area contributed by atoms with E-state index in [1.807, 2.05) is 0 Å². The lowest BCUT2D eigenvalue weighted by atomic mass is 10.1. The highest BCUT2D eigenvalue weighted by molar-refractivity contribution is 7.89. The van der Waals surface area contributed by atoms with E-state index in [-0.39, 0.29) is 34.0 Å². The lowest BCUT2D eigenvalue weighted by Gasteiger charge is -2.17. The van der Waals surface area contributed by atoms with Crippen molar-refractivity contribution in [1.29, 1.82) is 0 Å². The van der Waals surface area contributed by atoms with Gasteiger partial charge in [-0.2, -0.15) is 4.72 Å². The molecule has 2 N–H and O–H groups in total. The van der Waals surface area contributed by atoms with Crippen molar-refractivity contribution < 1.29 is 23.2 Å². The maximum absolute atomic E-state index is 12.4. The molecule has 1 aromatic carbocycles. The Balaban J connectivity index is 3.25. The summed E-state index contributed by atoms with van der Waals surface area (Å²) in [6, 6.07) is 1.10. The zero-order chi connectivity index (χ0) is 17.9. The van der Waals surface area contributed by atoms with Crippen molar-refractivity contribution in [1.82, 2.24) is 4.72 Å². The number of hydrogen-bond acceptors (Lipinski definition) is 5. The number of carbonyl (C=O) groups is 1. The van der Waals surface area contributed by atoms with E-state index in [0.29, 0.717) is 0 Å². The summed E-state index contributed by atoms with van der Waals surface area (Å²) in [5.74, 6) is -1.28. The molecule has 0 fully saturated rings. The maximum Gasteiger partial charge on any atom is 0.321 e. The van der Waals surface area contributed by atoms with Crippen LogP contribution in [0.25, 0.3) is 0 Å². The van der Waals surface area contributed by atoms with Gasteiger partial charge in [0.2, 0.25) is 10.0 Å². The molecule has 8 nitrogen and oxygen atoms in total. The Bertz CT molecular complexity index is 727. The lowest BCUT2D eigenvalue weighted by molar-refractivity contribution is -0.385. The average molecular weight is 344 g/mol. The van der Waals surface area contributed by atoms with Crippen LogP contribution in [0, 0.1) is 29.9 Å². The number of carboxylic acid groups (broad SMARTS) is 1. The second-order valence-corrected chi connectivity index (χ2v) is 7.49. The Morgan fingerprint density at radius 3 is 2.30 bits per heavy atom. The van der Waals surface area contributed by atoms with E-state index in [2.05, 4.69) is 4.72 Å². The number of rotatable bonds is 7. The van der Waals surface area contributed by atoms with Gasteiger partial charge in [-0.15, -0.1) is 0 Å². The largest absolute Gasteiger partial charge is 0.480 e. The van der Waals surface area contributed by atoms with E-state index in [4.69, 9.17) is 5.11 Å². The van der Waals surface area contributed by atoms with Crippen LogP contribution in [0.5, 0.6) is 0 Å². The second-order valence-electron chi connectivity index (χ2n) is 5.80. The van der Waals surface area contributed by atoms with Crippen LogP contribution in [-0.4, -0.2) is 30.5 Å². The predicted molar refractivity (Wildman–Crippen MR) is 83.8 cm³/mol. The highest BCUT2D eigenvalue weighted by atomic mass is 32.2. The van der Waals surface area contributed by atoms with Gasteiger partial charge >= 0.3 is 5.97 Å². The summed E-state index contributed by atoms with van der Waals surface area (Å²) in [5, 5.41) is 20.0. The summed E-state index contributed by atoms with van der Waals surface area (Å²) < 4.78 is 27.0. The SMILES string of the molecule is Cc1cc(S(=O)(=O)NC(CC(C)C)C(=O)O)c(C)cc1[N+](=O)[O-]. The van der Waals surface area contributed by atoms with E-state index < -0.39 is 27.0 Å². The van der Waals surface area contributed by atoms with Gasteiger partial charge in [-0.3, -0.25) is 14.9 Å². The first-order valence-corrected chi connectivity index (χ1v) is 8.44. The third-order valence-electron chi connectivity index (χ3n) is 3.28. The van der Waals surface area contributed by atoms with Crippen LogP contribution in [0.1, 0.15) is 31.4 Å². The van der Waals surface area contributed by atoms with Crippen LogP contribution >= 0.6 is 0 Å². The molecule has 0 aromatic heterocycles. The first kappa shape index (κ1) is 19.0. The summed E-state index contributed by atoms with van der Waals surface area (Å²) in [7, 11) is -4.10. The molecule has 128 valence electrons. The lowest BCUT2D eigenvalue weighted by Crippen LogP contribution is -2.41. The van der Waals surface area contributed by atoms with Crippen LogP contribution in [0.4, 0.5) is 5.69 Å². The van der Waals surface area contributed by atoms with E-state index in [9.17, 15) is 23.3 Å². The quantitative estimate of drug-likeness (QED) is 0.575. The number of nitro benzene ring substituents is 1. The van der Waals surface area contributed by atoms with Crippen molar-refractivity contribution >= 4 is 21.7 Å². The normalized spacial score (nSPS) is 13.1. The summed E-state index contributed by atoms with van der Waals surface area (Å²) in [6.07, 6.45) is 0.138. The van der Waals surface area contributed by atoms with Crippen molar-refractivity contribution in [3.63, 3.8) is 0 Å². The molecule has 0 aliphatic heterocycles. The highest BCUT2D eigenvalue weighted by Crippen LogP contribution is 2.26. The van der Waals surface area contributed by atoms with Gasteiger partial charge in [-0.05, 0) is 37.8 Å². The number of aliphatic carboxylic acids is 1. The molecule has 1 aromatic rings. The molecular formula is C14H20N2O6S. The number of carboxylic acids is 1. The molecule has 0 aliphatic rings. The van der Waals surface area contributed by atoms with E-state index in [1.165, 1.54) is 26.0 Å². The summed E-state index contributed by atoms with van der Waals surface area (Å²) >= 11 is 0. The van der Waals surface area contributed by atoms with Crippen LogP contribution in [0.15, 0.2) is 17.0 Å². The Labute approximate surface area is 134 Å². The number of nitro groups is 1. The molecular weight excluding hydrogens is 324 g/mol. The summed E-state index contributed by atoms with van der Waals surface area (Å²) in [6.45, 7) is 6.43. The number of nitrogens with zero attached hydrogens (tertiary/aromatic N) is 1. The van der Waals surface area contributed by atoms with Gasteiger partial charge in [-0.25, -0.2) is 8.42 Å². The smallest absolute Gasteiger partial charge is 0.321 e. The van der Waals surface area contributed by atoms with Crippen LogP contribution in [0.3, 0.4) is 0 Å². The first-order valence-electron chi connectivity index (χ1n) is 6.96. The molecule has 1 rings (SSSR count). The fourth-order valence-corrected chi connectivity index (χ4v) is 3.70. The van der Waals surface area contributed by atoms with Gasteiger partial charge in [0.25, 0.3) is 5.69 Å². The number of aryl methyl sites for hydroxylation is 2. The predicted octanol–water partition coefficient (Wildman–Crippen LogP) is 1.99. The first-order chi connectivity index (χ1) is 10.5. The molecule has 0 bridgehead atoms. The number of hydrogen-bond donors (Lipinski definition) is 2. The average Bonchev–Trinajstić information content (AvgIpc) is 2.38. The highest BCUT2D eigenvalue weighted by Gasteiger charge is 2.28. The van der Waals surface area contributed by atoms with E-state index in [1.54, 1.807) is 13.8 Å². The Hall–Kier alpha value is -2.00. The number of benzene rings is 1. The Kier molecular flexibility index (Phi) is 5.84. The van der Waals surface area contributed by atoms with Crippen molar-refractivity contribution in [2.24, 2.45) is 5.92 Å². The van der Waals surface area contributed by atoms with Crippen LogP contribution in [0.2, 0.25) is 0 Å². The fraction of sp³-hybridized carbons (Fsp3) is 0.500. The van der Waals surface area contributed by atoms with Gasteiger partial charge in [-0.1, -0.05) is 13.8 Å². The molecule has 23 heavy (non-hydrogen) atoms. The van der Waals surface area contributed by atoms with Gasteiger partial charge in [0.15, 0.2) is 0 Å². The van der Waals surface area contributed by atoms with Crippen molar-refractivity contribution in [2.45, 2.75) is 45.1 Å². The van der Waals surface area contributed by atoms with Crippen molar-refractivity contribution in [3.05, 3.63) is 33.4 Å². The van der Waals surface area contributed by atoms with Gasteiger partial charge in [0, 0.05) is 11.6 Å². The molecule has 0 saturated carbocycles. The molecule has 0 amide bonds. The molecule has 0 spiro atoms. The zero-order valence-corrected chi connectivity index (χ0v) is 14.2. The molecule has 0 heterocycles. The van der Waals surface area contributed by atoms with Crippen molar-refractivity contribution in [2.75, 3.05) is 0 Å². The van der Waals surface area contributed by atoms with Gasteiger partial charge in [0.1, 0.15) is 6.04 Å². The molecule has 1 unspecified atom stereocenters. The fourth-order valence-electron chi connectivity index (χ4n) is 2.18.